The van der Waals surface area contributed by atoms with E-state index in [9.17, 15) is 0 Å². The molecule has 0 amide bonds. The number of ether oxygens (including phenoxy) is 1. The summed E-state index contributed by atoms with van der Waals surface area (Å²) in [7, 11) is 1.77. The average molecular weight is 408 g/mol. The largest absolute Gasteiger partial charge is 0.369 e. The van der Waals surface area contributed by atoms with Crippen LogP contribution in [0.1, 0.15) is 36.5 Å². The first-order chi connectivity index (χ1) is 13.6. The molecule has 3 aromatic rings. The van der Waals surface area contributed by atoms with Gasteiger partial charge >= 0.3 is 0 Å². The molecule has 0 aromatic heterocycles. The molecule has 29 heavy (non-hydrogen) atoms. The van der Waals surface area contributed by atoms with E-state index in [2.05, 4.69) is 79.7 Å². The molecule has 2 N–H and O–H groups in total. The molecule has 3 rings (SSSR count). The normalized spacial score (nSPS) is 13.6. The predicted molar refractivity (Wildman–Crippen MR) is 125 cm³/mol. The summed E-state index contributed by atoms with van der Waals surface area (Å²) in [4.78, 5) is 0. The zero-order valence-electron chi connectivity index (χ0n) is 17.1. The van der Waals surface area contributed by atoms with E-state index in [0.29, 0.717) is 6.42 Å². The Kier molecular flexibility index (Phi) is 8.21. The molecule has 0 aliphatic carbocycles. The molecule has 0 fully saturated rings. The van der Waals surface area contributed by atoms with E-state index in [0.717, 1.165) is 17.5 Å². The Balaban J connectivity index is 0.00000300. The number of methoxy groups -OCH3 is 1. The van der Waals surface area contributed by atoms with Gasteiger partial charge in [-0.25, -0.2) is 0 Å². The fourth-order valence-corrected chi connectivity index (χ4v) is 3.76. The van der Waals surface area contributed by atoms with Crippen molar-refractivity contribution in [2.75, 3.05) is 7.11 Å². The van der Waals surface area contributed by atoms with Crippen LogP contribution in [0.25, 0.3) is 6.08 Å². The minimum atomic E-state index is -0.591. The van der Waals surface area contributed by atoms with Crippen molar-refractivity contribution >= 4 is 18.5 Å². The summed E-state index contributed by atoms with van der Waals surface area (Å²) in [5, 5.41) is 0. The van der Waals surface area contributed by atoms with E-state index < -0.39 is 11.1 Å². The Labute approximate surface area is 180 Å². The molecule has 0 bridgehead atoms. The highest BCUT2D eigenvalue weighted by Crippen LogP contribution is 2.40. The lowest BCUT2D eigenvalue weighted by atomic mass is 9.75. The lowest BCUT2D eigenvalue weighted by Crippen LogP contribution is -2.45. The Bertz CT molecular complexity index is 837. The Morgan fingerprint density at radius 2 is 1.24 bits per heavy atom. The van der Waals surface area contributed by atoms with Crippen molar-refractivity contribution in [1.82, 2.24) is 0 Å². The molecule has 0 radical (unpaired) electrons. The van der Waals surface area contributed by atoms with Gasteiger partial charge in [-0.3, -0.25) is 0 Å². The molecular formula is C26H30ClNO. The van der Waals surface area contributed by atoms with E-state index in [4.69, 9.17) is 10.5 Å². The van der Waals surface area contributed by atoms with Crippen molar-refractivity contribution in [2.45, 2.75) is 30.9 Å². The van der Waals surface area contributed by atoms with Gasteiger partial charge in [-0.05, 0) is 30.0 Å². The maximum absolute atomic E-state index is 6.79. The Morgan fingerprint density at radius 3 is 1.69 bits per heavy atom. The summed E-state index contributed by atoms with van der Waals surface area (Å²) in [5.74, 6) is 0. The molecule has 3 heteroatoms. The molecule has 0 aliphatic rings. The minimum absolute atomic E-state index is 0. The van der Waals surface area contributed by atoms with Gasteiger partial charge in [-0.2, -0.15) is 0 Å². The molecule has 0 aliphatic heterocycles. The van der Waals surface area contributed by atoms with Gasteiger partial charge in [0.1, 0.15) is 5.60 Å². The van der Waals surface area contributed by atoms with Gasteiger partial charge in [0.15, 0.2) is 0 Å². The SMILES string of the molecule is COC(CC(C)(N)C/C=C/c1ccccc1)(c1ccccc1)c1ccccc1.Cl. The van der Waals surface area contributed by atoms with Crippen LogP contribution in [0.5, 0.6) is 0 Å². The number of hydrogen-bond donors (Lipinski definition) is 1. The van der Waals surface area contributed by atoms with Crippen LogP contribution >= 0.6 is 12.4 Å². The third kappa shape index (κ3) is 5.80. The zero-order valence-corrected chi connectivity index (χ0v) is 17.9. The van der Waals surface area contributed by atoms with Gasteiger partial charge in [-0.1, -0.05) is 103 Å². The van der Waals surface area contributed by atoms with Crippen molar-refractivity contribution in [1.29, 1.82) is 0 Å². The fourth-order valence-electron chi connectivity index (χ4n) is 3.76. The van der Waals surface area contributed by atoms with Crippen LogP contribution in [0.15, 0.2) is 97.1 Å². The number of nitrogens with two attached hydrogens (primary N) is 1. The third-order valence-corrected chi connectivity index (χ3v) is 5.18. The minimum Gasteiger partial charge on any atom is -0.369 e. The topological polar surface area (TPSA) is 35.2 Å². The van der Waals surface area contributed by atoms with Crippen LogP contribution in [-0.4, -0.2) is 12.6 Å². The summed E-state index contributed by atoms with van der Waals surface area (Å²) in [6, 6.07) is 31.0. The molecule has 1 atom stereocenters. The first-order valence-corrected chi connectivity index (χ1v) is 9.72. The van der Waals surface area contributed by atoms with Crippen LogP contribution < -0.4 is 5.73 Å². The van der Waals surface area contributed by atoms with E-state index in [1.54, 1.807) is 7.11 Å². The smallest absolute Gasteiger partial charge is 0.119 e. The van der Waals surface area contributed by atoms with Crippen LogP contribution in [0, 0.1) is 0 Å². The maximum atomic E-state index is 6.79. The molecule has 2 nitrogen and oxygen atoms in total. The maximum Gasteiger partial charge on any atom is 0.119 e. The molecule has 0 heterocycles. The van der Waals surface area contributed by atoms with Gasteiger partial charge in [0.05, 0.1) is 0 Å². The first-order valence-electron chi connectivity index (χ1n) is 9.72. The molecular weight excluding hydrogens is 378 g/mol. The fraction of sp³-hybridized carbons (Fsp3) is 0.231. The average Bonchev–Trinajstić information content (AvgIpc) is 2.74. The highest BCUT2D eigenvalue weighted by molar-refractivity contribution is 5.85. The van der Waals surface area contributed by atoms with Gasteiger partial charge in [0.25, 0.3) is 0 Å². The van der Waals surface area contributed by atoms with Gasteiger partial charge in [0, 0.05) is 19.1 Å². The number of rotatable bonds is 8. The Hall–Kier alpha value is -2.39. The van der Waals surface area contributed by atoms with Gasteiger partial charge in [0.2, 0.25) is 0 Å². The summed E-state index contributed by atoms with van der Waals surface area (Å²) in [6.07, 6.45) is 5.71. The van der Waals surface area contributed by atoms with Crippen LogP contribution in [0.2, 0.25) is 0 Å². The van der Waals surface area contributed by atoms with Crippen molar-refractivity contribution in [3.63, 3.8) is 0 Å². The third-order valence-electron chi connectivity index (χ3n) is 5.18. The van der Waals surface area contributed by atoms with E-state index >= 15 is 0 Å². The number of benzene rings is 3. The number of halogens is 1. The molecule has 152 valence electrons. The lowest BCUT2D eigenvalue weighted by Gasteiger charge is -2.40. The predicted octanol–water partition coefficient (Wildman–Crippen LogP) is 6.21. The highest BCUT2D eigenvalue weighted by Gasteiger charge is 2.39. The standard InChI is InChI=1S/C26H29NO.ClH/c1-25(27,20-12-15-22-13-6-3-7-14-22)21-26(28-2,23-16-8-4-9-17-23)24-18-10-5-11-19-24;/h3-19H,20-21,27H2,1-2H3;1H/b15-12+;. The lowest BCUT2D eigenvalue weighted by molar-refractivity contribution is -0.00187. The van der Waals surface area contributed by atoms with E-state index in [1.165, 1.54) is 5.56 Å². The number of hydrogen-bond acceptors (Lipinski definition) is 2. The monoisotopic (exact) mass is 407 g/mol. The summed E-state index contributed by atoms with van der Waals surface area (Å²) in [5.41, 5.74) is 9.18. The van der Waals surface area contributed by atoms with Gasteiger partial charge < -0.3 is 10.5 Å². The molecule has 0 spiro atoms. The van der Waals surface area contributed by atoms with Crippen LogP contribution in [0.3, 0.4) is 0 Å². The summed E-state index contributed by atoms with van der Waals surface area (Å²) < 4.78 is 6.21. The quantitative estimate of drug-likeness (QED) is 0.481. The zero-order chi connectivity index (χ0) is 19.9. The summed E-state index contributed by atoms with van der Waals surface area (Å²) >= 11 is 0. The highest BCUT2D eigenvalue weighted by atomic mass is 35.5. The van der Waals surface area contributed by atoms with Crippen LogP contribution in [-0.2, 0) is 10.3 Å². The van der Waals surface area contributed by atoms with Crippen molar-refractivity contribution in [3.05, 3.63) is 114 Å². The first kappa shape index (κ1) is 22.9. The van der Waals surface area contributed by atoms with E-state index in [-0.39, 0.29) is 12.4 Å². The van der Waals surface area contributed by atoms with Crippen LogP contribution in [0.4, 0.5) is 0 Å². The Morgan fingerprint density at radius 1 is 0.793 bits per heavy atom. The van der Waals surface area contributed by atoms with Crippen molar-refractivity contribution in [2.24, 2.45) is 5.73 Å². The molecule has 1 unspecified atom stereocenters. The molecule has 0 saturated heterocycles. The van der Waals surface area contributed by atoms with E-state index in [1.807, 2.05) is 30.3 Å². The summed E-state index contributed by atoms with van der Waals surface area (Å²) in [6.45, 7) is 2.10. The molecule has 3 aromatic carbocycles. The van der Waals surface area contributed by atoms with Crippen molar-refractivity contribution < 1.29 is 4.74 Å². The second kappa shape index (κ2) is 10.4. The molecule has 0 saturated carbocycles. The van der Waals surface area contributed by atoms with Crippen molar-refractivity contribution in [3.8, 4) is 0 Å². The second-order valence-corrected chi connectivity index (χ2v) is 7.61. The van der Waals surface area contributed by atoms with Gasteiger partial charge in [-0.15, -0.1) is 12.4 Å². The second-order valence-electron chi connectivity index (χ2n) is 7.61.